The minimum absolute atomic E-state index is 0.0699. The Balaban J connectivity index is 1.46. The van der Waals surface area contributed by atoms with Crippen molar-refractivity contribution in [2.24, 2.45) is 7.05 Å². The van der Waals surface area contributed by atoms with Gasteiger partial charge in [0.2, 0.25) is 0 Å². The Kier molecular flexibility index (Phi) is 6.43. The lowest BCUT2D eigenvalue weighted by Gasteiger charge is -2.19. The molecule has 1 amide bonds. The maximum absolute atomic E-state index is 12.8. The van der Waals surface area contributed by atoms with Crippen molar-refractivity contribution >= 4 is 5.91 Å². The summed E-state index contributed by atoms with van der Waals surface area (Å²) in [6.07, 6.45) is 4.35. The van der Waals surface area contributed by atoms with E-state index in [1.165, 1.54) is 5.56 Å². The summed E-state index contributed by atoms with van der Waals surface area (Å²) in [5.74, 6) is 1.28. The highest BCUT2D eigenvalue weighted by Gasteiger charge is 2.21. The highest BCUT2D eigenvalue weighted by molar-refractivity contribution is 5.78. The summed E-state index contributed by atoms with van der Waals surface area (Å²) >= 11 is 0. The number of hydrogen-bond acceptors (Lipinski definition) is 3. The SMILES string of the molecule is Cn1ccnc1[C@@H](NC(=O)COc1ccccc1Cc1ccccc1)c1ccccc1. The average molecular weight is 412 g/mol. The number of carbonyl (C=O) groups excluding carboxylic acids is 1. The molecule has 0 aliphatic rings. The number of hydrogen-bond donors (Lipinski definition) is 1. The molecule has 3 aromatic carbocycles. The first-order valence-electron chi connectivity index (χ1n) is 10.3. The van der Waals surface area contributed by atoms with Crippen LogP contribution in [0.2, 0.25) is 0 Å². The summed E-state index contributed by atoms with van der Waals surface area (Å²) in [5, 5.41) is 3.07. The van der Waals surface area contributed by atoms with Crippen LogP contribution in [0.25, 0.3) is 0 Å². The zero-order chi connectivity index (χ0) is 21.5. The van der Waals surface area contributed by atoms with Gasteiger partial charge < -0.3 is 14.6 Å². The minimum Gasteiger partial charge on any atom is -0.483 e. The van der Waals surface area contributed by atoms with Gasteiger partial charge in [0.25, 0.3) is 5.91 Å². The van der Waals surface area contributed by atoms with Crippen LogP contribution in [0.3, 0.4) is 0 Å². The van der Waals surface area contributed by atoms with E-state index in [9.17, 15) is 4.79 Å². The summed E-state index contributed by atoms with van der Waals surface area (Å²) in [7, 11) is 1.92. The number of benzene rings is 3. The van der Waals surface area contributed by atoms with E-state index in [2.05, 4.69) is 22.4 Å². The molecule has 1 N–H and O–H groups in total. The quantitative estimate of drug-likeness (QED) is 0.470. The summed E-state index contributed by atoms with van der Waals surface area (Å²) in [6, 6.07) is 27.5. The predicted octanol–water partition coefficient (Wildman–Crippen LogP) is 4.30. The standard InChI is InChI=1S/C26H25N3O2/c1-29-17-16-27-26(29)25(21-12-6-3-7-13-21)28-24(30)19-31-23-15-9-8-14-22(23)18-20-10-4-2-5-11-20/h2-17,25H,18-19H2,1H3,(H,28,30)/t25-/m0/s1. The van der Waals surface area contributed by atoms with E-state index < -0.39 is 0 Å². The smallest absolute Gasteiger partial charge is 0.258 e. The molecule has 0 unspecified atom stereocenters. The fourth-order valence-electron chi connectivity index (χ4n) is 3.55. The maximum Gasteiger partial charge on any atom is 0.258 e. The normalized spacial score (nSPS) is 11.6. The van der Waals surface area contributed by atoms with Crippen LogP contribution >= 0.6 is 0 Å². The molecule has 0 saturated carbocycles. The number of nitrogens with zero attached hydrogens (tertiary/aromatic N) is 2. The molecule has 0 bridgehead atoms. The summed E-state index contributed by atoms with van der Waals surface area (Å²) in [6.45, 7) is -0.0699. The van der Waals surface area contributed by atoms with Crippen LogP contribution in [0.15, 0.2) is 97.3 Å². The first-order valence-corrected chi connectivity index (χ1v) is 10.3. The second-order valence-electron chi connectivity index (χ2n) is 7.37. The van der Waals surface area contributed by atoms with Gasteiger partial charge in [0.05, 0.1) is 0 Å². The Hall–Kier alpha value is -3.86. The molecule has 1 aromatic heterocycles. The van der Waals surface area contributed by atoms with Crippen LogP contribution in [-0.4, -0.2) is 22.1 Å². The van der Waals surface area contributed by atoms with E-state index in [1.807, 2.05) is 90.6 Å². The van der Waals surface area contributed by atoms with Gasteiger partial charge in [0, 0.05) is 25.9 Å². The molecule has 0 radical (unpaired) electrons. The Bertz CT molecular complexity index is 1120. The van der Waals surface area contributed by atoms with E-state index in [4.69, 9.17) is 4.74 Å². The Labute approximate surface area is 182 Å². The van der Waals surface area contributed by atoms with Gasteiger partial charge in [-0.3, -0.25) is 4.79 Å². The molecular formula is C26H25N3O2. The van der Waals surface area contributed by atoms with Gasteiger partial charge in [-0.15, -0.1) is 0 Å². The molecule has 1 heterocycles. The fourth-order valence-corrected chi connectivity index (χ4v) is 3.55. The van der Waals surface area contributed by atoms with Gasteiger partial charge >= 0.3 is 0 Å². The number of aryl methyl sites for hydroxylation is 1. The molecule has 156 valence electrons. The Morgan fingerprint density at radius 1 is 0.968 bits per heavy atom. The summed E-state index contributed by atoms with van der Waals surface area (Å²) in [4.78, 5) is 17.2. The monoisotopic (exact) mass is 411 g/mol. The lowest BCUT2D eigenvalue weighted by Crippen LogP contribution is -2.34. The van der Waals surface area contributed by atoms with Crippen LogP contribution in [0.4, 0.5) is 0 Å². The van der Waals surface area contributed by atoms with Gasteiger partial charge in [-0.1, -0.05) is 78.9 Å². The van der Waals surface area contributed by atoms with E-state index in [0.29, 0.717) is 0 Å². The molecule has 5 nitrogen and oxygen atoms in total. The number of carbonyl (C=O) groups is 1. The molecule has 4 aromatic rings. The number of para-hydroxylation sites is 1. The second-order valence-corrected chi connectivity index (χ2v) is 7.37. The van der Waals surface area contributed by atoms with Gasteiger partial charge in [0.15, 0.2) is 6.61 Å². The summed E-state index contributed by atoms with van der Waals surface area (Å²) in [5.41, 5.74) is 3.21. The molecule has 5 heteroatoms. The Morgan fingerprint density at radius 3 is 2.35 bits per heavy atom. The fraction of sp³-hybridized carbons (Fsp3) is 0.154. The highest BCUT2D eigenvalue weighted by Crippen LogP contribution is 2.22. The third-order valence-electron chi connectivity index (χ3n) is 5.12. The highest BCUT2D eigenvalue weighted by atomic mass is 16.5. The van der Waals surface area contributed by atoms with Crippen LogP contribution in [0.1, 0.15) is 28.6 Å². The molecular weight excluding hydrogens is 386 g/mol. The number of nitrogens with one attached hydrogen (secondary N) is 1. The number of ether oxygens (including phenoxy) is 1. The number of imidazole rings is 1. The van der Waals surface area contributed by atoms with Crippen molar-refractivity contribution in [2.75, 3.05) is 6.61 Å². The van der Waals surface area contributed by atoms with Gasteiger partial charge in [-0.05, 0) is 22.8 Å². The largest absolute Gasteiger partial charge is 0.483 e. The molecule has 0 aliphatic carbocycles. The van der Waals surface area contributed by atoms with Gasteiger partial charge in [0.1, 0.15) is 17.6 Å². The lowest BCUT2D eigenvalue weighted by molar-refractivity contribution is -0.123. The lowest BCUT2D eigenvalue weighted by atomic mass is 10.0. The van der Waals surface area contributed by atoms with Crippen LogP contribution < -0.4 is 10.1 Å². The molecule has 0 saturated heterocycles. The zero-order valence-corrected chi connectivity index (χ0v) is 17.4. The third kappa shape index (κ3) is 5.20. The van der Waals surface area contributed by atoms with Crippen LogP contribution in [-0.2, 0) is 18.3 Å². The average Bonchev–Trinajstić information content (AvgIpc) is 3.23. The van der Waals surface area contributed by atoms with Gasteiger partial charge in [-0.2, -0.15) is 0 Å². The number of aromatic nitrogens is 2. The third-order valence-corrected chi connectivity index (χ3v) is 5.12. The molecule has 31 heavy (non-hydrogen) atoms. The van der Waals surface area contributed by atoms with Gasteiger partial charge in [-0.25, -0.2) is 4.98 Å². The molecule has 0 spiro atoms. The molecule has 0 fully saturated rings. The molecule has 1 atom stereocenters. The predicted molar refractivity (Wildman–Crippen MR) is 121 cm³/mol. The van der Waals surface area contributed by atoms with Crippen LogP contribution in [0.5, 0.6) is 5.75 Å². The minimum atomic E-state index is -0.350. The van der Waals surface area contributed by atoms with Crippen molar-refractivity contribution in [2.45, 2.75) is 12.5 Å². The van der Waals surface area contributed by atoms with Crippen molar-refractivity contribution in [3.8, 4) is 5.75 Å². The maximum atomic E-state index is 12.8. The van der Waals surface area contributed by atoms with Crippen molar-refractivity contribution < 1.29 is 9.53 Å². The number of amides is 1. The second kappa shape index (κ2) is 9.76. The van der Waals surface area contributed by atoms with E-state index in [0.717, 1.165) is 29.1 Å². The number of rotatable bonds is 8. The molecule has 0 aliphatic heterocycles. The molecule has 4 rings (SSSR count). The Morgan fingerprint density at radius 2 is 1.65 bits per heavy atom. The topological polar surface area (TPSA) is 56.2 Å². The van der Waals surface area contributed by atoms with Crippen LogP contribution in [0, 0.1) is 0 Å². The van der Waals surface area contributed by atoms with Crippen molar-refractivity contribution in [1.82, 2.24) is 14.9 Å². The van der Waals surface area contributed by atoms with E-state index >= 15 is 0 Å². The first kappa shape index (κ1) is 20.4. The zero-order valence-electron chi connectivity index (χ0n) is 17.4. The first-order chi connectivity index (χ1) is 15.2. The van der Waals surface area contributed by atoms with Crippen molar-refractivity contribution in [3.63, 3.8) is 0 Å². The van der Waals surface area contributed by atoms with E-state index in [-0.39, 0.29) is 18.6 Å². The summed E-state index contributed by atoms with van der Waals surface area (Å²) < 4.78 is 7.83. The van der Waals surface area contributed by atoms with Crippen molar-refractivity contribution in [3.05, 3.63) is 120 Å². The van der Waals surface area contributed by atoms with Crippen molar-refractivity contribution in [1.29, 1.82) is 0 Å². The van der Waals surface area contributed by atoms with E-state index in [1.54, 1.807) is 6.20 Å².